The Morgan fingerprint density at radius 2 is 2.20 bits per heavy atom. The predicted octanol–water partition coefficient (Wildman–Crippen LogP) is 1.62. The van der Waals surface area contributed by atoms with E-state index < -0.39 is 5.97 Å². The fraction of sp³-hybridized carbons (Fsp3) is 0. The van der Waals surface area contributed by atoms with Gasteiger partial charge in [-0.3, -0.25) is 4.98 Å². The van der Waals surface area contributed by atoms with E-state index in [1.165, 1.54) is 12.3 Å². The van der Waals surface area contributed by atoms with Crippen molar-refractivity contribution in [3.8, 4) is 11.3 Å². The third-order valence-electron chi connectivity index (χ3n) is 1.86. The summed E-state index contributed by atoms with van der Waals surface area (Å²) in [6.07, 6.45) is 3.06. The highest BCUT2D eigenvalue weighted by atomic mass is 16.4. The number of nitrogen functional groups attached to an aromatic ring is 1. The van der Waals surface area contributed by atoms with Crippen molar-refractivity contribution in [1.82, 2.24) is 4.98 Å². The molecule has 2 aromatic heterocycles. The van der Waals surface area contributed by atoms with Gasteiger partial charge in [-0.1, -0.05) is 0 Å². The van der Waals surface area contributed by atoms with E-state index >= 15 is 0 Å². The molecule has 0 spiro atoms. The molecule has 0 amide bonds. The van der Waals surface area contributed by atoms with Crippen molar-refractivity contribution in [1.29, 1.82) is 0 Å². The van der Waals surface area contributed by atoms with Gasteiger partial charge >= 0.3 is 5.97 Å². The Balaban J connectivity index is 2.41. The van der Waals surface area contributed by atoms with E-state index in [2.05, 4.69) is 4.98 Å². The van der Waals surface area contributed by atoms with Gasteiger partial charge in [0.1, 0.15) is 5.76 Å². The summed E-state index contributed by atoms with van der Waals surface area (Å²) in [7, 11) is 0. The van der Waals surface area contributed by atoms with Gasteiger partial charge in [-0.25, -0.2) is 4.79 Å². The Hall–Kier alpha value is -2.30. The number of carbonyl (C=O) groups is 1. The van der Waals surface area contributed by atoms with E-state index in [0.717, 1.165) is 0 Å². The number of nitrogens with two attached hydrogens (primary N) is 1. The first-order valence-electron chi connectivity index (χ1n) is 4.21. The molecule has 2 aromatic rings. The number of nitrogens with zero attached hydrogens (tertiary/aromatic N) is 1. The Kier molecular flexibility index (Phi) is 2.13. The van der Waals surface area contributed by atoms with Crippen molar-refractivity contribution in [3.05, 3.63) is 36.4 Å². The molecule has 0 aliphatic rings. The van der Waals surface area contributed by atoms with Gasteiger partial charge in [0.25, 0.3) is 0 Å². The summed E-state index contributed by atoms with van der Waals surface area (Å²) in [4.78, 5) is 14.5. The van der Waals surface area contributed by atoms with E-state index in [9.17, 15) is 4.79 Å². The van der Waals surface area contributed by atoms with Crippen molar-refractivity contribution in [2.75, 3.05) is 5.73 Å². The van der Waals surface area contributed by atoms with Gasteiger partial charge in [-0.2, -0.15) is 0 Å². The number of furan rings is 1. The molecule has 3 N–H and O–H groups in total. The van der Waals surface area contributed by atoms with Crippen LogP contribution in [-0.4, -0.2) is 16.1 Å². The highest BCUT2D eigenvalue weighted by Crippen LogP contribution is 2.22. The van der Waals surface area contributed by atoms with Crippen molar-refractivity contribution in [2.45, 2.75) is 0 Å². The van der Waals surface area contributed by atoms with Crippen LogP contribution in [0.1, 0.15) is 10.6 Å². The number of rotatable bonds is 2. The van der Waals surface area contributed by atoms with Crippen LogP contribution in [-0.2, 0) is 0 Å². The topological polar surface area (TPSA) is 89.3 Å². The van der Waals surface area contributed by atoms with Crippen molar-refractivity contribution >= 4 is 11.7 Å². The van der Waals surface area contributed by atoms with Gasteiger partial charge < -0.3 is 15.3 Å². The van der Waals surface area contributed by atoms with Gasteiger partial charge in [0, 0.05) is 18.0 Å². The molecule has 0 aliphatic carbocycles. The molecule has 0 bridgehead atoms. The molecular weight excluding hydrogens is 196 g/mol. The number of anilines is 1. The lowest BCUT2D eigenvalue weighted by atomic mass is 10.2. The largest absolute Gasteiger partial charge is 0.475 e. The molecule has 0 fully saturated rings. The van der Waals surface area contributed by atoms with Crippen LogP contribution in [0.5, 0.6) is 0 Å². The number of pyridine rings is 1. The van der Waals surface area contributed by atoms with E-state index in [4.69, 9.17) is 15.3 Å². The van der Waals surface area contributed by atoms with Gasteiger partial charge in [0.15, 0.2) is 0 Å². The molecule has 0 saturated heterocycles. The molecule has 76 valence electrons. The molecule has 5 nitrogen and oxygen atoms in total. The highest BCUT2D eigenvalue weighted by Gasteiger charge is 2.10. The second-order valence-corrected chi connectivity index (χ2v) is 2.98. The average molecular weight is 204 g/mol. The molecule has 0 unspecified atom stereocenters. The summed E-state index contributed by atoms with van der Waals surface area (Å²) < 4.78 is 5.09. The van der Waals surface area contributed by atoms with Crippen LogP contribution in [0, 0.1) is 0 Å². The van der Waals surface area contributed by atoms with Crippen molar-refractivity contribution < 1.29 is 14.3 Å². The van der Waals surface area contributed by atoms with E-state index in [0.29, 0.717) is 17.0 Å². The summed E-state index contributed by atoms with van der Waals surface area (Å²) in [5, 5.41) is 8.67. The van der Waals surface area contributed by atoms with Crippen LogP contribution < -0.4 is 5.73 Å². The third kappa shape index (κ3) is 1.80. The Bertz CT molecular complexity index is 505. The predicted molar refractivity (Wildman–Crippen MR) is 53.3 cm³/mol. The minimum atomic E-state index is -1.10. The Morgan fingerprint density at radius 1 is 1.40 bits per heavy atom. The minimum Gasteiger partial charge on any atom is -0.475 e. The lowest BCUT2D eigenvalue weighted by Crippen LogP contribution is -1.91. The molecule has 0 atom stereocenters. The highest BCUT2D eigenvalue weighted by molar-refractivity contribution is 5.85. The molecule has 2 rings (SSSR count). The lowest BCUT2D eigenvalue weighted by Gasteiger charge is -1.96. The number of aromatic carboxylic acids is 1. The fourth-order valence-corrected chi connectivity index (χ4v) is 1.20. The van der Waals surface area contributed by atoms with Crippen LogP contribution in [0.15, 0.2) is 35.0 Å². The van der Waals surface area contributed by atoms with Crippen LogP contribution in [0.4, 0.5) is 5.69 Å². The summed E-state index contributed by atoms with van der Waals surface area (Å²) in [6, 6.07) is 4.62. The molecule has 15 heavy (non-hydrogen) atoms. The Morgan fingerprint density at radius 3 is 2.80 bits per heavy atom. The maximum Gasteiger partial charge on any atom is 0.371 e. The normalized spacial score (nSPS) is 10.1. The number of hydrogen-bond acceptors (Lipinski definition) is 4. The summed E-state index contributed by atoms with van der Waals surface area (Å²) in [6.45, 7) is 0. The average Bonchev–Trinajstić information content (AvgIpc) is 2.66. The van der Waals surface area contributed by atoms with E-state index in [1.54, 1.807) is 18.3 Å². The zero-order valence-electron chi connectivity index (χ0n) is 7.68. The zero-order valence-corrected chi connectivity index (χ0v) is 7.68. The van der Waals surface area contributed by atoms with Gasteiger partial charge in [-0.15, -0.1) is 0 Å². The summed E-state index contributed by atoms with van der Waals surface area (Å²) >= 11 is 0. The first kappa shape index (κ1) is 9.26. The third-order valence-corrected chi connectivity index (χ3v) is 1.86. The maximum absolute atomic E-state index is 10.6. The zero-order chi connectivity index (χ0) is 10.8. The van der Waals surface area contributed by atoms with Crippen LogP contribution in [0.3, 0.4) is 0 Å². The molecule has 5 heteroatoms. The number of carboxylic acid groups (broad SMARTS) is 1. The molecule has 0 saturated carbocycles. The van der Waals surface area contributed by atoms with E-state index in [1.807, 2.05) is 0 Å². The van der Waals surface area contributed by atoms with Crippen LogP contribution in [0.2, 0.25) is 0 Å². The minimum absolute atomic E-state index is 0.104. The number of carboxylic acids is 1. The van der Waals surface area contributed by atoms with Gasteiger partial charge in [-0.05, 0) is 18.2 Å². The maximum atomic E-state index is 10.6. The standard InChI is InChI=1S/C10H8N2O3/c11-7-3-6(4-12-5-7)8-1-2-9(15-8)10(13)14/h1-5H,11H2,(H,13,14). The fourth-order valence-electron chi connectivity index (χ4n) is 1.20. The molecule has 0 radical (unpaired) electrons. The first-order valence-corrected chi connectivity index (χ1v) is 4.21. The van der Waals surface area contributed by atoms with Gasteiger partial charge in [0.2, 0.25) is 5.76 Å². The quantitative estimate of drug-likeness (QED) is 0.775. The summed E-state index contributed by atoms with van der Waals surface area (Å²) in [5.41, 5.74) is 6.70. The lowest BCUT2D eigenvalue weighted by molar-refractivity contribution is 0.0663. The van der Waals surface area contributed by atoms with Crippen molar-refractivity contribution in [2.24, 2.45) is 0 Å². The van der Waals surface area contributed by atoms with Crippen LogP contribution >= 0.6 is 0 Å². The molecule has 2 heterocycles. The number of hydrogen-bond donors (Lipinski definition) is 2. The first-order chi connectivity index (χ1) is 7.16. The molecule has 0 aromatic carbocycles. The van der Waals surface area contributed by atoms with Gasteiger partial charge in [0.05, 0.1) is 5.69 Å². The van der Waals surface area contributed by atoms with Crippen molar-refractivity contribution in [3.63, 3.8) is 0 Å². The monoisotopic (exact) mass is 204 g/mol. The molecule has 0 aliphatic heterocycles. The smallest absolute Gasteiger partial charge is 0.371 e. The molecular formula is C10H8N2O3. The SMILES string of the molecule is Nc1cncc(-c2ccc(C(=O)O)o2)c1. The second-order valence-electron chi connectivity index (χ2n) is 2.98. The van der Waals surface area contributed by atoms with Crippen LogP contribution in [0.25, 0.3) is 11.3 Å². The van der Waals surface area contributed by atoms with E-state index in [-0.39, 0.29) is 5.76 Å². The Labute approximate surface area is 85.2 Å². The number of aromatic nitrogens is 1. The second kappa shape index (κ2) is 3.45. The summed E-state index contributed by atoms with van der Waals surface area (Å²) in [5.74, 6) is -0.766.